The predicted octanol–water partition coefficient (Wildman–Crippen LogP) is 1.83. The number of hydrogen-bond donors (Lipinski definition) is 4. The Bertz CT molecular complexity index is 897. The first-order valence-corrected chi connectivity index (χ1v) is 6.11. The maximum absolute atomic E-state index is 13.3. The van der Waals surface area contributed by atoms with Gasteiger partial charge in [0.15, 0.2) is 0 Å². The van der Waals surface area contributed by atoms with Crippen molar-refractivity contribution in [2.24, 2.45) is 0 Å². The van der Waals surface area contributed by atoms with Gasteiger partial charge in [-0.05, 0) is 36.4 Å². The molecule has 6 nitrogen and oxygen atoms in total. The van der Waals surface area contributed by atoms with Gasteiger partial charge >= 0.3 is 5.69 Å². The lowest BCUT2D eigenvalue weighted by molar-refractivity contribution is 0.102. The van der Waals surface area contributed by atoms with Crippen molar-refractivity contribution >= 4 is 28.3 Å². The van der Waals surface area contributed by atoms with Crippen LogP contribution in [0.5, 0.6) is 0 Å². The molecule has 0 spiro atoms. The number of nitrogens with one attached hydrogen (secondary N) is 3. The van der Waals surface area contributed by atoms with Gasteiger partial charge in [0, 0.05) is 11.3 Å². The molecule has 1 amide bonds. The van der Waals surface area contributed by atoms with Crippen molar-refractivity contribution in [3.8, 4) is 0 Å². The van der Waals surface area contributed by atoms with E-state index in [0.29, 0.717) is 16.7 Å². The van der Waals surface area contributed by atoms with Gasteiger partial charge in [-0.2, -0.15) is 0 Å². The van der Waals surface area contributed by atoms with E-state index in [1.165, 1.54) is 12.1 Å². The van der Waals surface area contributed by atoms with Crippen molar-refractivity contribution in [3.05, 3.63) is 58.3 Å². The summed E-state index contributed by atoms with van der Waals surface area (Å²) in [4.78, 5) is 28.4. The van der Waals surface area contributed by atoms with Gasteiger partial charge in [-0.1, -0.05) is 0 Å². The van der Waals surface area contributed by atoms with Crippen LogP contribution in [0.2, 0.25) is 0 Å². The summed E-state index contributed by atoms with van der Waals surface area (Å²) in [5.41, 5.74) is 6.87. The van der Waals surface area contributed by atoms with Gasteiger partial charge < -0.3 is 21.0 Å². The number of halogens is 1. The van der Waals surface area contributed by atoms with Crippen molar-refractivity contribution in [3.63, 3.8) is 0 Å². The number of H-pyrrole nitrogens is 2. The minimum Gasteiger partial charge on any atom is -0.396 e. The zero-order valence-electron chi connectivity index (χ0n) is 10.7. The van der Waals surface area contributed by atoms with E-state index in [-0.39, 0.29) is 16.9 Å². The Hall–Kier alpha value is -3.09. The first kappa shape index (κ1) is 12.9. The van der Waals surface area contributed by atoms with Crippen molar-refractivity contribution in [1.29, 1.82) is 0 Å². The average molecular weight is 286 g/mol. The minimum atomic E-state index is -0.645. The zero-order chi connectivity index (χ0) is 15.0. The maximum atomic E-state index is 13.3. The Morgan fingerprint density at radius 3 is 2.62 bits per heavy atom. The molecular weight excluding hydrogens is 275 g/mol. The van der Waals surface area contributed by atoms with Crippen molar-refractivity contribution < 1.29 is 9.18 Å². The van der Waals surface area contributed by atoms with Gasteiger partial charge in [0.25, 0.3) is 5.91 Å². The van der Waals surface area contributed by atoms with E-state index in [1.807, 2.05) is 0 Å². The second kappa shape index (κ2) is 4.78. The van der Waals surface area contributed by atoms with Gasteiger partial charge in [-0.15, -0.1) is 0 Å². The predicted molar refractivity (Wildman–Crippen MR) is 77.7 cm³/mol. The van der Waals surface area contributed by atoms with Gasteiger partial charge in [0.2, 0.25) is 0 Å². The van der Waals surface area contributed by atoms with Gasteiger partial charge in [-0.25, -0.2) is 9.18 Å². The number of nitrogens with two attached hydrogens (primary N) is 1. The van der Waals surface area contributed by atoms with Crippen LogP contribution in [0.15, 0.2) is 41.2 Å². The van der Waals surface area contributed by atoms with Crippen LogP contribution in [0.4, 0.5) is 15.8 Å². The SMILES string of the molecule is Nc1ccc(C(=O)Nc2ccc3[nH]c(=O)[nH]c3c2)cc1F. The van der Waals surface area contributed by atoms with E-state index in [4.69, 9.17) is 5.73 Å². The van der Waals surface area contributed by atoms with Crippen LogP contribution in [0, 0.1) is 5.82 Å². The van der Waals surface area contributed by atoms with Gasteiger partial charge in [0.05, 0.1) is 16.7 Å². The molecule has 21 heavy (non-hydrogen) atoms. The molecule has 0 bridgehead atoms. The lowest BCUT2D eigenvalue weighted by Crippen LogP contribution is -2.12. The van der Waals surface area contributed by atoms with Crippen LogP contribution in [-0.4, -0.2) is 15.9 Å². The summed E-state index contributed by atoms with van der Waals surface area (Å²) in [5, 5.41) is 2.62. The average Bonchev–Trinajstić information content (AvgIpc) is 2.81. The Morgan fingerprint density at radius 2 is 1.86 bits per heavy atom. The van der Waals surface area contributed by atoms with Crippen molar-refractivity contribution in [2.45, 2.75) is 0 Å². The fourth-order valence-corrected chi connectivity index (χ4v) is 1.98. The minimum absolute atomic E-state index is 0.0159. The molecule has 3 aromatic rings. The largest absolute Gasteiger partial charge is 0.396 e. The molecule has 0 atom stereocenters. The summed E-state index contributed by atoms with van der Waals surface area (Å²) >= 11 is 0. The van der Waals surface area contributed by atoms with E-state index in [2.05, 4.69) is 15.3 Å². The molecule has 2 aromatic carbocycles. The number of hydrogen-bond acceptors (Lipinski definition) is 3. The smallest absolute Gasteiger partial charge is 0.323 e. The number of aromatic nitrogens is 2. The second-order valence-corrected chi connectivity index (χ2v) is 4.53. The number of amides is 1. The number of carbonyl (C=O) groups is 1. The molecular formula is C14H11FN4O2. The van der Waals surface area contributed by atoms with Crippen LogP contribution < -0.4 is 16.7 Å². The highest BCUT2D eigenvalue weighted by molar-refractivity contribution is 6.05. The van der Waals surface area contributed by atoms with Crippen LogP contribution in [-0.2, 0) is 0 Å². The number of carbonyl (C=O) groups excluding carboxylic acids is 1. The summed E-state index contributed by atoms with van der Waals surface area (Å²) in [6.07, 6.45) is 0. The highest BCUT2D eigenvalue weighted by Crippen LogP contribution is 2.17. The molecule has 1 aromatic heterocycles. The molecule has 106 valence electrons. The molecule has 1 heterocycles. The molecule has 0 unspecified atom stereocenters. The topological polar surface area (TPSA) is 104 Å². The summed E-state index contributed by atoms with van der Waals surface area (Å²) in [6.45, 7) is 0. The number of benzene rings is 2. The Labute approximate surface area is 117 Å². The second-order valence-electron chi connectivity index (χ2n) is 4.53. The Morgan fingerprint density at radius 1 is 1.10 bits per heavy atom. The highest BCUT2D eigenvalue weighted by Gasteiger charge is 2.09. The van der Waals surface area contributed by atoms with Crippen molar-refractivity contribution in [2.75, 3.05) is 11.1 Å². The first-order valence-electron chi connectivity index (χ1n) is 6.11. The number of anilines is 2. The lowest BCUT2D eigenvalue weighted by atomic mass is 10.2. The lowest BCUT2D eigenvalue weighted by Gasteiger charge is -2.06. The molecule has 5 N–H and O–H groups in total. The molecule has 0 aliphatic rings. The van der Waals surface area contributed by atoms with Crippen LogP contribution >= 0.6 is 0 Å². The van der Waals surface area contributed by atoms with E-state index in [0.717, 1.165) is 6.07 Å². The molecule has 0 radical (unpaired) electrons. The standard InChI is InChI=1S/C14H11FN4O2/c15-9-5-7(1-3-10(9)16)13(20)17-8-2-4-11-12(6-8)19-14(21)18-11/h1-6H,16H2,(H,17,20)(H2,18,19,21). The third-order valence-electron chi connectivity index (χ3n) is 3.04. The Balaban J connectivity index is 1.88. The number of nitrogen functional groups attached to an aromatic ring is 1. The summed E-state index contributed by atoms with van der Waals surface area (Å²) in [5.74, 6) is -1.11. The van der Waals surface area contributed by atoms with Crippen LogP contribution in [0.25, 0.3) is 11.0 Å². The van der Waals surface area contributed by atoms with E-state index in [1.54, 1.807) is 18.2 Å². The summed E-state index contributed by atoms with van der Waals surface area (Å²) in [7, 11) is 0. The van der Waals surface area contributed by atoms with Gasteiger partial charge in [-0.3, -0.25) is 4.79 Å². The normalized spacial score (nSPS) is 10.7. The van der Waals surface area contributed by atoms with E-state index >= 15 is 0 Å². The first-order chi connectivity index (χ1) is 10.0. The molecule has 0 aliphatic carbocycles. The molecule has 0 aliphatic heterocycles. The number of imidazole rings is 1. The quantitative estimate of drug-likeness (QED) is 0.540. The van der Waals surface area contributed by atoms with Crippen LogP contribution in [0.1, 0.15) is 10.4 Å². The van der Waals surface area contributed by atoms with E-state index in [9.17, 15) is 14.0 Å². The molecule has 0 saturated heterocycles. The third-order valence-corrected chi connectivity index (χ3v) is 3.04. The van der Waals surface area contributed by atoms with E-state index < -0.39 is 11.7 Å². The fourth-order valence-electron chi connectivity index (χ4n) is 1.98. The molecule has 0 fully saturated rings. The summed E-state index contributed by atoms with van der Waals surface area (Å²) < 4.78 is 13.3. The number of rotatable bonds is 2. The molecule has 7 heteroatoms. The summed E-state index contributed by atoms with van der Waals surface area (Å²) in [6, 6.07) is 8.74. The molecule has 3 rings (SSSR count). The van der Waals surface area contributed by atoms with Crippen LogP contribution in [0.3, 0.4) is 0 Å². The third kappa shape index (κ3) is 2.48. The molecule has 0 saturated carbocycles. The number of aromatic amines is 2. The highest BCUT2D eigenvalue weighted by atomic mass is 19.1. The van der Waals surface area contributed by atoms with Gasteiger partial charge in [0.1, 0.15) is 5.82 Å². The Kier molecular flexibility index (Phi) is 2.94. The fraction of sp³-hybridized carbons (Fsp3) is 0. The maximum Gasteiger partial charge on any atom is 0.323 e. The number of fused-ring (bicyclic) bond motifs is 1. The van der Waals surface area contributed by atoms with Crippen molar-refractivity contribution in [1.82, 2.24) is 9.97 Å². The zero-order valence-corrected chi connectivity index (χ0v) is 10.7. The monoisotopic (exact) mass is 286 g/mol.